The maximum atomic E-state index is 13.2. The van der Waals surface area contributed by atoms with Gasteiger partial charge in [0, 0.05) is 6.54 Å². The lowest BCUT2D eigenvalue weighted by atomic mass is 9.90. The second-order valence-corrected chi connectivity index (χ2v) is 7.16. The molecule has 0 aliphatic carbocycles. The summed E-state index contributed by atoms with van der Waals surface area (Å²) in [6.07, 6.45) is 0.230. The SMILES string of the molecule is CCOC(=O)c1ccccc1NC(=O)N1CCc2cc(OC)c(OC)cc2[C@@H]1CC(=O)O. The van der Waals surface area contributed by atoms with Crippen LogP contribution in [0, 0.1) is 0 Å². The van der Waals surface area contributed by atoms with Gasteiger partial charge in [0.25, 0.3) is 0 Å². The van der Waals surface area contributed by atoms with Crippen LogP contribution < -0.4 is 14.8 Å². The number of para-hydroxylation sites is 1. The zero-order valence-corrected chi connectivity index (χ0v) is 18.2. The Morgan fingerprint density at radius 2 is 1.81 bits per heavy atom. The second kappa shape index (κ2) is 10.0. The predicted molar refractivity (Wildman–Crippen MR) is 116 cm³/mol. The number of nitrogens with one attached hydrogen (secondary N) is 1. The highest BCUT2D eigenvalue weighted by Crippen LogP contribution is 2.39. The molecule has 9 heteroatoms. The zero-order valence-electron chi connectivity index (χ0n) is 18.2. The fourth-order valence-electron chi connectivity index (χ4n) is 3.82. The highest BCUT2D eigenvalue weighted by atomic mass is 16.5. The fraction of sp³-hybridized carbons (Fsp3) is 0.348. The van der Waals surface area contributed by atoms with Crippen LogP contribution in [0.2, 0.25) is 0 Å². The van der Waals surface area contributed by atoms with Crippen molar-refractivity contribution in [2.24, 2.45) is 0 Å². The average Bonchev–Trinajstić information content (AvgIpc) is 2.78. The van der Waals surface area contributed by atoms with E-state index in [-0.39, 0.29) is 18.6 Å². The van der Waals surface area contributed by atoms with Crippen LogP contribution in [-0.4, -0.2) is 55.3 Å². The minimum Gasteiger partial charge on any atom is -0.493 e. The number of carboxylic acids is 1. The van der Waals surface area contributed by atoms with Crippen molar-refractivity contribution < 1.29 is 33.7 Å². The summed E-state index contributed by atoms with van der Waals surface area (Å²) in [5, 5.41) is 12.3. The summed E-state index contributed by atoms with van der Waals surface area (Å²) < 4.78 is 15.8. The van der Waals surface area contributed by atoms with Crippen LogP contribution in [0.25, 0.3) is 0 Å². The van der Waals surface area contributed by atoms with E-state index in [1.165, 1.54) is 19.1 Å². The van der Waals surface area contributed by atoms with Crippen molar-refractivity contribution in [1.82, 2.24) is 4.90 Å². The summed E-state index contributed by atoms with van der Waals surface area (Å²) in [4.78, 5) is 38.5. The van der Waals surface area contributed by atoms with Crippen molar-refractivity contribution >= 4 is 23.7 Å². The number of amides is 2. The summed E-state index contributed by atoms with van der Waals surface area (Å²) >= 11 is 0. The minimum absolute atomic E-state index is 0.204. The molecular formula is C23H26N2O7. The van der Waals surface area contributed by atoms with Gasteiger partial charge in [-0.05, 0) is 48.7 Å². The number of hydrogen-bond acceptors (Lipinski definition) is 6. The number of rotatable bonds is 7. The fourth-order valence-corrected chi connectivity index (χ4v) is 3.82. The molecule has 0 bridgehead atoms. The highest BCUT2D eigenvalue weighted by Gasteiger charge is 2.34. The smallest absolute Gasteiger partial charge is 0.340 e. The van der Waals surface area contributed by atoms with E-state index in [9.17, 15) is 19.5 Å². The summed E-state index contributed by atoms with van der Waals surface area (Å²) in [6.45, 7) is 2.20. The van der Waals surface area contributed by atoms with E-state index in [1.54, 1.807) is 37.3 Å². The average molecular weight is 442 g/mol. The highest BCUT2D eigenvalue weighted by molar-refractivity contribution is 6.01. The Hall–Kier alpha value is -3.75. The minimum atomic E-state index is -1.04. The molecule has 2 amide bonds. The Bertz CT molecular complexity index is 1020. The van der Waals surface area contributed by atoms with Crippen LogP contribution in [0.4, 0.5) is 10.5 Å². The number of urea groups is 1. The van der Waals surface area contributed by atoms with Gasteiger partial charge < -0.3 is 29.5 Å². The van der Waals surface area contributed by atoms with Gasteiger partial charge in [-0.25, -0.2) is 9.59 Å². The van der Waals surface area contributed by atoms with Gasteiger partial charge in [0.15, 0.2) is 11.5 Å². The quantitative estimate of drug-likeness (QED) is 0.631. The number of esters is 1. The molecule has 1 atom stereocenters. The van der Waals surface area contributed by atoms with Crippen molar-refractivity contribution in [2.45, 2.75) is 25.8 Å². The van der Waals surface area contributed by atoms with Crippen LogP contribution in [0.15, 0.2) is 36.4 Å². The Morgan fingerprint density at radius 3 is 2.47 bits per heavy atom. The van der Waals surface area contributed by atoms with E-state index in [4.69, 9.17) is 14.2 Å². The van der Waals surface area contributed by atoms with Gasteiger partial charge in [-0.1, -0.05) is 12.1 Å². The Balaban J connectivity index is 1.93. The molecule has 2 aromatic carbocycles. The first kappa shape index (κ1) is 22.9. The van der Waals surface area contributed by atoms with Crippen molar-refractivity contribution in [2.75, 3.05) is 32.7 Å². The van der Waals surface area contributed by atoms with Gasteiger partial charge in [-0.3, -0.25) is 4.79 Å². The number of carboxylic acid groups (broad SMARTS) is 1. The predicted octanol–water partition coefficient (Wildman–Crippen LogP) is 3.49. The van der Waals surface area contributed by atoms with Gasteiger partial charge in [0.2, 0.25) is 0 Å². The van der Waals surface area contributed by atoms with Crippen LogP contribution in [0.1, 0.15) is 40.9 Å². The largest absolute Gasteiger partial charge is 0.493 e. The molecule has 2 N–H and O–H groups in total. The summed E-state index contributed by atoms with van der Waals surface area (Å²) in [5.41, 5.74) is 2.10. The maximum Gasteiger partial charge on any atom is 0.340 e. The van der Waals surface area contributed by atoms with E-state index in [2.05, 4.69) is 5.32 Å². The number of fused-ring (bicyclic) bond motifs is 1. The molecule has 0 fully saturated rings. The standard InChI is InChI=1S/C23H26N2O7/c1-4-32-22(28)15-7-5-6-8-17(15)24-23(29)25-10-9-14-11-19(30-2)20(31-3)12-16(14)18(25)13-21(26)27/h5-8,11-12,18H,4,9-10,13H2,1-3H3,(H,24,29)(H,26,27)/t18-/m0/s1. The van der Waals surface area contributed by atoms with Crippen molar-refractivity contribution in [1.29, 1.82) is 0 Å². The molecular weight excluding hydrogens is 416 g/mol. The number of methoxy groups -OCH3 is 2. The molecule has 1 aliphatic rings. The number of benzene rings is 2. The molecule has 1 aliphatic heterocycles. The number of nitrogens with zero attached hydrogens (tertiary/aromatic N) is 1. The number of ether oxygens (including phenoxy) is 3. The molecule has 0 radical (unpaired) electrons. The number of aliphatic carboxylic acids is 1. The maximum absolute atomic E-state index is 13.2. The molecule has 0 unspecified atom stereocenters. The molecule has 0 saturated heterocycles. The molecule has 1 heterocycles. The lowest BCUT2D eigenvalue weighted by molar-refractivity contribution is -0.138. The van der Waals surface area contributed by atoms with E-state index in [0.29, 0.717) is 35.7 Å². The molecule has 9 nitrogen and oxygen atoms in total. The van der Waals surface area contributed by atoms with Crippen molar-refractivity contribution in [3.8, 4) is 11.5 Å². The number of carbonyl (C=O) groups excluding carboxylic acids is 2. The first-order valence-electron chi connectivity index (χ1n) is 10.2. The monoisotopic (exact) mass is 442 g/mol. The topological polar surface area (TPSA) is 114 Å². The van der Waals surface area contributed by atoms with Gasteiger partial charge >= 0.3 is 18.0 Å². The number of anilines is 1. The zero-order chi connectivity index (χ0) is 23.3. The summed E-state index contributed by atoms with van der Waals surface area (Å²) in [6, 6.07) is 8.83. The Morgan fingerprint density at radius 1 is 1.12 bits per heavy atom. The molecule has 0 spiro atoms. The van der Waals surface area contributed by atoms with E-state index >= 15 is 0 Å². The molecule has 0 saturated carbocycles. The third-order valence-corrected chi connectivity index (χ3v) is 5.30. The van der Waals surface area contributed by atoms with Gasteiger partial charge in [0.05, 0.1) is 44.5 Å². The first-order valence-corrected chi connectivity index (χ1v) is 10.2. The van der Waals surface area contributed by atoms with Gasteiger partial charge in [-0.2, -0.15) is 0 Å². The van der Waals surface area contributed by atoms with E-state index in [0.717, 1.165) is 5.56 Å². The first-order chi connectivity index (χ1) is 15.4. The van der Waals surface area contributed by atoms with Crippen molar-refractivity contribution in [3.63, 3.8) is 0 Å². The lowest BCUT2D eigenvalue weighted by Crippen LogP contribution is -2.43. The molecule has 2 aromatic rings. The third kappa shape index (κ3) is 4.77. The Labute approximate surface area is 185 Å². The van der Waals surface area contributed by atoms with E-state index < -0.39 is 24.0 Å². The number of hydrogen-bond donors (Lipinski definition) is 2. The van der Waals surface area contributed by atoms with Crippen LogP contribution in [-0.2, 0) is 16.0 Å². The normalized spacial score (nSPS) is 14.8. The van der Waals surface area contributed by atoms with Crippen LogP contribution in [0.5, 0.6) is 11.5 Å². The third-order valence-electron chi connectivity index (χ3n) is 5.30. The molecule has 32 heavy (non-hydrogen) atoms. The Kier molecular flexibility index (Phi) is 7.19. The summed E-state index contributed by atoms with van der Waals surface area (Å²) in [7, 11) is 3.03. The van der Waals surface area contributed by atoms with E-state index in [1.807, 2.05) is 6.07 Å². The summed E-state index contributed by atoms with van der Waals surface area (Å²) in [5.74, 6) is -0.591. The molecule has 3 rings (SSSR count). The van der Waals surface area contributed by atoms with Crippen LogP contribution >= 0.6 is 0 Å². The number of carbonyl (C=O) groups is 3. The lowest BCUT2D eigenvalue weighted by Gasteiger charge is -2.37. The molecule has 170 valence electrons. The second-order valence-electron chi connectivity index (χ2n) is 7.16. The van der Waals surface area contributed by atoms with Crippen LogP contribution in [0.3, 0.4) is 0 Å². The van der Waals surface area contributed by atoms with Gasteiger partial charge in [0.1, 0.15) is 0 Å². The van der Waals surface area contributed by atoms with Crippen molar-refractivity contribution in [3.05, 3.63) is 53.1 Å². The van der Waals surface area contributed by atoms with Gasteiger partial charge in [-0.15, -0.1) is 0 Å². The molecule has 0 aromatic heterocycles.